The van der Waals surface area contributed by atoms with Crippen molar-refractivity contribution in [2.45, 2.75) is 90.6 Å². The summed E-state index contributed by atoms with van der Waals surface area (Å²) in [5.41, 5.74) is 1.28. The number of nitrogens with one attached hydrogen (secondary N) is 1. The highest BCUT2D eigenvalue weighted by molar-refractivity contribution is 5.69. The highest BCUT2D eigenvalue weighted by atomic mass is 16.5. The maximum Gasteiger partial charge on any atom is 0.305 e. The second-order valence-corrected chi connectivity index (χ2v) is 10.9. The lowest BCUT2D eigenvalue weighted by atomic mass is 9.33. The van der Waals surface area contributed by atoms with E-state index >= 15 is 0 Å². The highest BCUT2D eigenvalue weighted by Gasteiger charge is 2.79. The van der Waals surface area contributed by atoms with E-state index in [-0.39, 0.29) is 5.97 Å². The fraction of sp³-hybridized carbons (Fsp3) is 0.957. The third-order valence-electron chi connectivity index (χ3n) is 10.4. The van der Waals surface area contributed by atoms with Crippen LogP contribution in [0.2, 0.25) is 0 Å². The Bertz CT molecular complexity index is 617. The van der Waals surface area contributed by atoms with Crippen molar-refractivity contribution in [3.05, 3.63) is 0 Å². The maximum atomic E-state index is 12.2. The van der Waals surface area contributed by atoms with Gasteiger partial charge in [0.05, 0.1) is 7.11 Å². The summed E-state index contributed by atoms with van der Waals surface area (Å²) in [6.07, 6.45) is 11.5. The summed E-state index contributed by atoms with van der Waals surface area (Å²) in [6.45, 7) is 7.48. The third-order valence-corrected chi connectivity index (χ3v) is 10.4. The van der Waals surface area contributed by atoms with Crippen molar-refractivity contribution >= 4 is 5.97 Å². The largest absolute Gasteiger partial charge is 0.469 e. The van der Waals surface area contributed by atoms with Gasteiger partial charge < -0.3 is 10.1 Å². The summed E-state index contributed by atoms with van der Waals surface area (Å²) in [6, 6.07) is 1.37. The third kappa shape index (κ3) is 1.78. The summed E-state index contributed by atoms with van der Waals surface area (Å²) < 4.78 is 5.09. The zero-order chi connectivity index (χ0) is 18.3. The predicted molar refractivity (Wildman–Crippen MR) is 103 cm³/mol. The van der Waals surface area contributed by atoms with Crippen molar-refractivity contribution in [1.82, 2.24) is 5.32 Å². The van der Waals surface area contributed by atoms with Gasteiger partial charge in [0.2, 0.25) is 0 Å². The van der Waals surface area contributed by atoms with Gasteiger partial charge in [0.1, 0.15) is 0 Å². The van der Waals surface area contributed by atoms with Crippen molar-refractivity contribution in [1.29, 1.82) is 0 Å². The fourth-order valence-electron chi connectivity index (χ4n) is 9.61. The smallest absolute Gasteiger partial charge is 0.305 e. The van der Waals surface area contributed by atoms with Crippen molar-refractivity contribution in [2.75, 3.05) is 7.11 Å². The standard InChI is InChI=1S/C23H37NO2/c1-14(2)15-7-11-21(3)16-8-12-22-10-5-6-17(22)23(21,13-9-18(25)26-4)19(15)24-20(16)22/h14-17,19-20,24H,5-13H2,1-4H3/t15-,16-,17-,19+,20-,21+,22-,23+/m0/s1. The Balaban J connectivity index is 1.65. The number of hydrogen-bond acceptors (Lipinski definition) is 3. The van der Waals surface area contributed by atoms with Crippen LogP contribution in [0.15, 0.2) is 0 Å². The molecule has 3 heteroatoms. The molecule has 6 fully saturated rings. The van der Waals surface area contributed by atoms with Crippen LogP contribution in [-0.4, -0.2) is 25.2 Å². The number of esters is 1. The molecule has 2 saturated heterocycles. The van der Waals surface area contributed by atoms with Crippen LogP contribution in [0.25, 0.3) is 0 Å². The summed E-state index contributed by atoms with van der Waals surface area (Å²) in [5, 5.41) is 4.30. The number of carbonyl (C=O) groups is 1. The van der Waals surface area contributed by atoms with Crippen molar-refractivity contribution in [3.8, 4) is 0 Å². The van der Waals surface area contributed by atoms with E-state index in [2.05, 4.69) is 26.1 Å². The van der Waals surface area contributed by atoms with Crippen molar-refractivity contribution in [2.24, 2.45) is 39.9 Å². The fourth-order valence-corrected chi connectivity index (χ4v) is 9.61. The minimum atomic E-state index is -0.00534. The second-order valence-electron chi connectivity index (χ2n) is 10.9. The van der Waals surface area contributed by atoms with E-state index in [1.807, 2.05) is 0 Å². The van der Waals surface area contributed by atoms with E-state index < -0.39 is 0 Å². The summed E-state index contributed by atoms with van der Waals surface area (Å²) in [7, 11) is 1.55. The molecule has 3 nitrogen and oxygen atoms in total. The van der Waals surface area contributed by atoms with Gasteiger partial charge in [-0.1, -0.05) is 27.2 Å². The number of piperidine rings is 2. The number of hydrogen-bond donors (Lipinski definition) is 1. The Kier molecular flexibility index (Phi) is 3.70. The molecule has 6 aliphatic rings. The molecule has 2 aliphatic heterocycles. The van der Waals surface area contributed by atoms with Gasteiger partial charge in [-0.05, 0) is 84.9 Å². The van der Waals surface area contributed by atoms with Gasteiger partial charge in [0.25, 0.3) is 0 Å². The Morgan fingerprint density at radius 1 is 1.15 bits per heavy atom. The van der Waals surface area contributed by atoms with Crippen LogP contribution < -0.4 is 5.32 Å². The number of rotatable bonds is 4. The molecule has 1 N–H and O–H groups in total. The zero-order valence-electron chi connectivity index (χ0n) is 17.1. The first-order chi connectivity index (χ1) is 12.4. The number of methoxy groups -OCH3 is 1. The van der Waals surface area contributed by atoms with Crippen LogP contribution in [0.3, 0.4) is 0 Å². The quantitative estimate of drug-likeness (QED) is 0.749. The van der Waals surface area contributed by atoms with E-state index in [0.717, 1.165) is 36.1 Å². The first kappa shape index (κ1) is 17.5. The van der Waals surface area contributed by atoms with Gasteiger partial charge in [-0.2, -0.15) is 0 Å². The van der Waals surface area contributed by atoms with Crippen LogP contribution in [0.4, 0.5) is 0 Å². The highest BCUT2D eigenvalue weighted by Crippen LogP contribution is 2.80. The molecule has 6 bridgehead atoms. The average molecular weight is 360 g/mol. The molecular weight excluding hydrogens is 322 g/mol. The molecule has 0 aromatic heterocycles. The molecule has 6 rings (SSSR count). The SMILES string of the molecule is COC(=O)CC[C@]12[C@@H]3N[C@H]4[C@H](CC[C@]45CCC[C@@H]51)[C@@]2(C)CC[C@H]3C(C)C. The normalized spacial score (nSPS) is 53.8. The lowest BCUT2D eigenvalue weighted by molar-refractivity contribution is -0.247. The van der Waals surface area contributed by atoms with Crippen LogP contribution in [0.5, 0.6) is 0 Å². The van der Waals surface area contributed by atoms with E-state index in [1.54, 1.807) is 7.11 Å². The molecule has 8 atom stereocenters. The number of carbonyl (C=O) groups excluding carboxylic acids is 1. The molecule has 0 amide bonds. The molecular formula is C23H37NO2. The lowest BCUT2D eigenvalue weighted by Gasteiger charge is -2.76. The van der Waals surface area contributed by atoms with Gasteiger partial charge in [-0.15, -0.1) is 0 Å². The van der Waals surface area contributed by atoms with E-state index in [0.29, 0.717) is 28.7 Å². The minimum Gasteiger partial charge on any atom is -0.469 e. The van der Waals surface area contributed by atoms with E-state index in [9.17, 15) is 4.79 Å². The minimum absolute atomic E-state index is 0.00534. The maximum absolute atomic E-state index is 12.2. The molecule has 0 unspecified atom stereocenters. The molecule has 4 saturated carbocycles. The molecule has 4 aliphatic carbocycles. The molecule has 2 heterocycles. The molecule has 0 aromatic carbocycles. The first-order valence-corrected chi connectivity index (χ1v) is 11.2. The van der Waals surface area contributed by atoms with Crippen LogP contribution in [0, 0.1) is 39.9 Å². The Morgan fingerprint density at radius 2 is 1.96 bits per heavy atom. The van der Waals surface area contributed by atoms with Crippen molar-refractivity contribution < 1.29 is 9.53 Å². The van der Waals surface area contributed by atoms with Crippen LogP contribution in [0.1, 0.15) is 78.6 Å². The van der Waals surface area contributed by atoms with Crippen molar-refractivity contribution in [3.63, 3.8) is 0 Å². The Hall–Kier alpha value is -0.570. The molecule has 26 heavy (non-hydrogen) atoms. The van der Waals surface area contributed by atoms with E-state index in [1.165, 1.54) is 44.9 Å². The van der Waals surface area contributed by atoms with Gasteiger partial charge in [-0.25, -0.2) is 0 Å². The van der Waals surface area contributed by atoms with Crippen LogP contribution in [-0.2, 0) is 9.53 Å². The zero-order valence-corrected chi connectivity index (χ0v) is 17.1. The predicted octanol–water partition coefficient (Wildman–Crippen LogP) is 4.55. The Morgan fingerprint density at radius 3 is 2.69 bits per heavy atom. The summed E-state index contributed by atoms with van der Waals surface area (Å²) >= 11 is 0. The lowest BCUT2D eigenvalue weighted by Crippen LogP contribution is -2.80. The molecule has 1 spiro atoms. The second kappa shape index (κ2) is 5.49. The monoisotopic (exact) mass is 359 g/mol. The molecule has 0 aromatic rings. The Labute approximate surface area is 159 Å². The van der Waals surface area contributed by atoms with Gasteiger partial charge in [-0.3, -0.25) is 4.79 Å². The van der Waals surface area contributed by atoms with Gasteiger partial charge >= 0.3 is 5.97 Å². The number of ether oxygens (including phenoxy) is 1. The summed E-state index contributed by atoms with van der Waals surface area (Å²) in [5.74, 6) is 3.15. The van der Waals surface area contributed by atoms with Crippen LogP contribution >= 0.6 is 0 Å². The van der Waals surface area contributed by atoms with E-state index in [4.69, 9.17) is 4.74 Å². The molecule has 146 valence electrons. The first-order valence-electron chi connectivity index (χ1n) is 11.2. The van der Waals surface area contributed by atoms with Gasteiger partial charge in [0, 0.05) is 18.5 Å². The average Bonchev–Trinajstić information content (AvgIpc) is 3.19. The summed E-state index contributed by atoms with van der Waals surface area (Å²) in [4.78, 5) is 12.2. The van der Waals surface area contributed by atoms with Gasteiger partial charge in [0.15, 0.2) is 0 Å². The topological polar surface area (TPSA) is 38.3 Å². The molecule has 0 radical (unpaired) electrons.